The van der Waals surface area contributed by atoms with Crippen LogP contribution in [0.4, 0.5) is 0 Å². The summed E-state index contributed by atoms with van der Waals surface area (Å²) in [6, 6.07) is 18.4. The van der Waals surface area contributed by atoms with Crippen molar-refractivity contribution in [1.82, 2.24) is 9.47 Å². The number of fused-ring (bicyclic) bond motifs is 1. The third-order valence-electron chi connectivity index (χ3n) is 6.31. The number of aromatic nitrogens is 1. The summed E-state index contributed by atoms with van der Waals surface area (Å²) in [5.41, 5.74) is 0.669. The lowest BCUT2D eigenvalue weighted by Gasteiger charge is -2.37. The molecule has 2 heterocycles. The Hall–Kier alpha value is -3.76. The molecule has 2 aromatic carbocycles. The number of amides is 1. The smallest absolute Gasteiger partial charge is 0.274 e. The monoisotopic (exact) mass is 538 g/mol. The van der Waals surface area contributed by atoms with Crippen molar-refractivity contribution in [3.8, 4) is 5.75 Å². The maximum atomic E-state index is 13.7. The van der Waals surface area contributed by atoms with E-state index in [4.69, 9.17) is 9.47 Å². The first-order valence-electron chi connectivity index (χ1n) is 12.2. The number of ketones is 1. The van der Waals surface area contributed by atoms with Crippen molar-refractivity contribution in [3.05, 3.63) is 99.5 Å². The molecule has 0 saturated carbocycles. The number of pyridine rings is 1. The third kappa shape index (κ3) is 6.38. The zero-order valence-corrected chi connectivity index (χ0v) is 22.1. The van der Waals surface area contributed by atoms with Crippen molar-refractivity contribution in [2.45, 2.75) is 19.1 Å². The van der Waals surface area contributed by atoms with Gasteiger partial charge in [0.1, 0.15) is 12.4 Å². The number of carbonyl (C=O) groups excluding carboxylic acids is 2. The number of benzene rings is 2. The van der Waals surface area contributed by atoms with Gasteiger partial charge in [0.25, 0.3) is 5.91 Å². The van der Waals surface area contributed by atoms with Crippen LogP contribution in [-0.4, -0.2) is 68.4 Å². The second-order valence-corrected chi connectivity index (χ2v) is 11.5. The molecule has 0 aliphatic carbocycles. The molecule has 1 aliphatic rings. The first-order valence-corrected chi connectivity index (χ1v) is 14.2. The Kier molecular flexibility index (Phi) is 8.43. The van der Waals surface area contributed by atoms with Crippen LogP contribution in [0.2, 0.25) is 0 Å². The molecule has 0 bridgehead atoms. The predicted molar refractivity (Wildman–Crippen MR) is 142 cm³/mol. The van der Waals surface area contributed by atoms with Crippen molar-refractivity contribution in [3.63, 3.8) is 0 Å². The quantitative estimate of drug-likeness (QED) is 0.345. The van der Waals surface area contributed by atoms with E-state index in [1.165, 1.54) is 6.20 Å². The molecule has 200 valence electrons. The zero-order chi connectivity index (χ0) is 27.3. The van der Waals surface area contributed by atoms with Gasteiger partial charge in [0.2, 0.25) is 5.43 Å². The molecular weight excluding hydrogens is 508 g/mol. The number of Topliss-reactive ketones (excluding diaryl/α,β-unsaturated/α-hetero) is 1. The number of hydrogen-bond donors (Lipinski definition) is 0. The van der Waals surface area contributed by atoms with E-state index >= 15 is 0 Å². The summed E-state index contributed by atoms with van der Waals surface area (Å²) in [4.78, 5) is 41.8. The largest absolute Gasteiger partial charge is 0.483 e. The average molecular weight is 539 g/mol. The fourth-order valence-corrected chi connectivity index (χ4v) is 5.13. The van der Waals surface area contributed by atoms with Gasteiger partial charge in [0.15, 0.2) is 27.1 Å². The standard InChI is InChI=1S/C28H30N2O7S/c1-36-14-13-29-16-22(15-20-9-5-3-6-10-20)30-17-23(24(31)19-38(2,34)35)26(32)27(25(30)28(29)33)37-18-21-11-7-4-8-12-21/h3-12,17,22H,13-16,18-19H2,1-2H3/t22-/m0/s1. The van der Waals surface area contributed by atoms with Gasteiger partial charge in [0, 0.05) is 32.7 Å². The van der Waals surface area contributed by atoms with Crippen LogP contribution in [0.25, 0.3) is 0 Å². The number of carbonyl (C=O) groups is 2. The topological polar surface area (TPSA) is 112 Å². The highest BCUT2D eigenvalue weighted by molar-refractivity contribution is 7.91. The molecule has 3 aromatic rings. The highest BCUT2D eigenvalue weighted by Gasteiger charge is 2.36. The van der Waals surface area contributed by atoms with Crippen LogP contribution in [-0.2, 0) is 27.6 Å². The Morgan fingerprint density at radius 2 is 1.63 bits per heavy atom. The van der Waals surface area contributed by atoms with Crippen molar-refractivity contribution < 1.29 is 27.5 Å². The molecule has 0 N–H and O–H groups in total. The Labute approximate surface area is 221 Å². The molecule has 0 unspecified atom stereocenters. The van der Waals surface area contributed by atoms with E-state index in [-0.39, 0.29) is 29.7 Å². The Bertz CT molecular complexity index is 1470. The Morgan fingerprint density at radius 3 is 2.24 bits per heavy atom. The first kappa shape index (κ1) is 27.3. The van der Waals surface area contributed by atoms with Gasteiger partial charge in [-0.2, -0.15) is 0 Å². The van der Waals surface area contributed by atoms with Gasteiger partial charge in [-0.3, -0.25) is 14.4 Å². The summed E-state index contributed by atoms with van der Waals surface area (Å²) < 4.78 is 36.5. The molecule has 1 aliphatic heterocycles. The van der Waals surface area contributed by atoms with E-state index in [1.807, 2.05) is 60.7 Å². The van der Waals surface area contributed by atoms with E-state index < -0.39 is 32.7 Å². The van der Waals surface area contributed by atoms with Gasteiger partial charge in [0.05, 0.1) is 18.2 Å². The molecule has 38 heavy (non-hydrogen) atoms. The molecule has 4 rings (SSSR count). The average Bonchev–Trinajstić information content (AvgIpc) is 2.88. The first-order chi connectivity index (χ1) is 18.2. The molecule has 0 saturated heterocycles. The maximum absolute atomic E-state index is 13.7. The fraction of sp³-hybridized carbons (Fsp3) is 0.321. The number of ether oxygens (including phenoxy) is 2. The van der Waals surface area contributed by atoms with Crippen molar-refractivity contribution >= 4 is 21.5 Å². The molecule has 1 aromatic heterocycles. The second-order valence-electron chi connectivity index (χ2n) is 9.31. The van der Waals surface area contributed by atoms with Crippen LogP contribution in [0.1, 0.15) is 38.0 Å². The molecule has 1 amide bonds. The van der Waals surface area contributed by atoms with Crippen LogP contribution >= 0.6 is 0 Å². The molecule has 1 atom stereocenters. The minimum Gasteiger partial charge on any atom is -0.483 e. The van der Waals surface area contributed by atoms with Gasteiger partial charge in [-0.25, -0.2) is 8.42 Å². The van der Waals surface area contributed by atoms with E-state index in [0.717, 1.165) is 17.4 Å². The van der Waals surface area contributed by atoms with Gasteiger partial charge in [-0.1, -0.05) is 60.7 Å². The minimum absolute atomic E-state index is 0.0124. The van der Waals surface area contributed by atoms with Gasteiger partial charge >= 0.3 is 0 Å². The molecule has 10 heteroatoms. The van der Waals surface area contributed by atoms with Crippen LogP contribution in [0.5, 0.6) is 5.75 Å². The molecule has 9 nitrogen and oxygen atoms in total. The summed E-state index contributed by atoms with van der Waals surface area (Å²) in [5.74, 6) is -2.35. The minimum atomic E-state index is -3.70. The highest BCUT2D eigenvalue weighted by Crippen LogP contribution is 2.30. The molecule has 0 spiro atoms. The number of hydrogen-bond acceptors (Lipinski definition) is 7. The van der Waals surface area contributed by atoms with Crippen molar-refractivity contribution in [2.75, 3.05) is 38.8 Å². The number of methoxy groups -OCH3 is 1. The second kappa shape index (κ2) is 11.7. The van der Waals surface area contributed by atoms with Crippen LogP contribution in [0, 0.1) is 0 Å². The van der Waals surface area contributed by atoms with E-state index in [0.29, 0.717) is 26.1 Å². The summed E-state index contributed by atoms with van der Waals surface area (Å²) in [7, 11) is -2.15. The summed E-state index contributed by atoms with van der Waals surface area (Å²) in [5, 5.41) is 0. The fourth-order valence-electron chi connectivity index (χ4n) is 4.50. The van der Waals surface area contributed by atoms with E-state index in [1.54, 1.807) is 16.6 Å². The number of sulfone groups is 1. The molecule has 0 fully saturated rings. The maximum Gasteiger partial charge on any atom is 0.274 e. The van der Waals surface area contributed by atoms with Crippen molar-refractivity contribution in [2.24, 2.45) is 0 Å². The lowest BCUT2D eigenvalue weighted by molar-refractivity contribution is 0.0588. The van der Waals surface area contributed by atoms with E-state index in [9.17, 15) is 22.8 Å². The van der Waals surface area contributed by atoms with Gasteiger partial charge < -0.3 is 18.9 Å². The number of rotatable bonds is 11. The van der Waals surface area contributed by atoms with Crippen molar-refractivity contribution in [1.29, 1.82) is 0 Å². The predicted octanol–water partition coefficient (Wildman–Crippen LogP) is 2.54. The van der Waals surface area contributed by atoms with E-state index in [2.05, 4.69) is 0 Å². The normalized spacial score (nSPS) is 15.3. The van der Waals surface area contributed by atoms with Crippen LogP contribution in [0.3, 0.4) is 0 Å². The Morgan fingerprint density at radius 1 is 1.00 bits per heavy atom. The van der Waals surface area contributed by atoms with Crippen LogP contribution < -0.4 is 10.2 Å². The van der Waals surface area contributed by atoms with Gasteiger partial charge in [-0.05, 0) is 17.5 Å². The lowest BCUT2D eigenvalue weighted by Crippen LogP contribution is -2.47. The summed E-state index contributed by atoms with van der Waals surface area (Å²) in [6.45, 7) is 0.910. The van der Waals surface area contributed by atoms with Crippen LogP contribution in [0.15, 0.2) is 71.7 Å². The lowest BCUT2D eigenvalue weighted by atomic mass is 10.00. The highest BCUT2D eigenvalue weighted by atomic mass is 32.2. The van der Waals surface area contributed by atoms with Gasteiger partial charge in [-0.15, -0.1) is 0 Å². The molecular formula is C28H30N2O7S. The number of nitrogens with zero attached hydrogens (tertiary/aromatic N) is 2. The summed E-state index contributed by atoms with van der Waals surface area (Å²) in [6.07, 6.45) is 2.76. The zero-order valence-electron chi connectivity index (χ0n) is 21.3. The SMILES string of the molecule is COCCN1C[C@H](Cc2ccccc2)n2cc(C(=O)CS(C)(=O)=O)c(=O)c(OCc3ccccc3)c2C1=O. The third-order valence-corrected chi connectivity index (χ3v) is 7.09. The Balaban J connectivity index is 1.87. The summed E-state index contributed by atoms with van der Waals surface area (Å²) >= 11 is 0. The molecule has 0 radical (unpaired) electrons.